The number of ether oxygens (including phenoxy) is 3. The molecule has 2 aromatic carbocycles. The Labute approximate surface area is 165 Å². The van der Waals surface area contributed by atoms with E-state index < -0.39 is 17.7 Å². The van der Waals surface area contributed by atoms with Crippen LogP contribution in [-0.4, -0.2) is 43.0 Å². The molecule has 9 heteroatoms. The highest BCUT2D eigenvalue weighted by Crippen LogP contribution is 2.42. The lowest BCUT2D eigenvalue weighted by Crippen LogP contribution is -2.39. The second-order valence-electron chi connectivity index (χ2n) is 6.72. The van der Waals surface area contributed by atoms with E-state index in [0.717, 1.165) is 12.1 Å². The molecule has 4 rings (SSSR count). The van der Waals surface area contributed by atoms with Crippen LogP contribution in [0.15, 0.2) is 30.3 Å². The van der Waals surface area contributed by atoms with Crippen LogP contribution in [-0.2, 0) is 9.59 Å². The fraction of sp³-hybridized carbons (Fsp3) is 0.300. The van der Waals surface area contributed by atoms with Crippen molar-refractivity contribution in [1.82, 2.24) is 4.90 Å². The van der Waals surface area contributed by atoms with E-state index in [1.807, 2.05) is 0 Å². The Bertz CT molecular complexity index is 982. The first-order valence-corrected chi connectivity index (χ1v) is 9.05. The van der Waals surface area contributed by atoms with Crippen molar-refractivity contribution in [2.45, 2.75) is 18.9 Å². The zero-order chi connectivity index (χ0) is 20.5. The molecule has 2 aromatic rings. The molecular weight excluding hydrogens is 386 g/mol. The lowest BCUT2D eigenvalue weighted by Gasteiger charge is -2.24. The number of nitrogens with one attached hydrogen (secondary N) is 1. The molecule has 2 aliphatic heterocycles. The number of amides is 2. The molecule has 1 atom stereocenters. The van der Waals surface area contributed by atoms with Crippen LogP contribution < -0.4 is 19.5 Å². The van der Waals surface area contributed by atoms with Gasteiger partial charge in [0.2, 0.25) is 11.8 Å². The number of hydrogen-bond donors (Lipinski definition) is 1. The molecule has 0 spiro atoms. The molecule has 0 bridgehead atoms. The number of carbonyl (C=O) groups excluding carboxylic acids is 2. The standard InChI is InChI=1S/C20H18F2N2O5/c1-24-16(4-5-18(24)25)20(26)23-15-9-12(10-17-19(15)28-7-6-27-17)29-11-2-3-13(21)14(22)8-11/h2-3,8-10,16H,4-7H2,1H3,(H,23,26). The summed E-state index contributed by atoms with van der Waals surface area (Å²) in [4.78, 5) is 25.8. The third kappa shape index (κ3) is 3.80. The topological polar surface area (TPSA) is 77.1 Å². The maximum Gasteiger partial charge on any atom is 0.247 e. The number of benzene rings is 2. The van der Waals surface area contributed by atoms with E-state index in [1.165, 1.54) is 23.1 Å². The predicted molar refractivity (Wildman–Crippen MR) is 98.3 cm³/mol. The van der Waals surface area contributed by atoms with Crippen molar-refractivity contribution < 1.29 is 32.6 Å². The van der Waals surface area contributed by atoms with Crippen LogP contribution >= 0.6 is 0 Å². The number of fused-ring (bicyclic) bond motifs is 1. The first-order valence-electron chi connectivity index (χ1n) is 9.05. The average molecular weight is 404 g/mol. The van der Waals surface area contributed by atoms with Crippen molar-refractivity contribution in [2.75, 3.05) is 25.6 Å². The largest absolute Gasteiger partial charge is 0.486 e. The van der Waals surface area contributed by atoms with Gasteiger partial charge in [0.1, 0.15) is 30.8 Å². The summed E-state index contributed by atoms with van der Waals surface area (Å²) in [5.74, 6) is -1.46. The molecule has 0 saturated carbocycles. The molecule has 2 aliphatic rings. The van der Waals surface area contributed by atoms with Crippen molar-refractivity contribution in [1.29, 1.82) is 0 Å². The molecule has 152 valence electrons. The van der Waals surface area contributed by atoms with Crippen LogP contribution in [0.5, 0.6) is 23.0 Å². The fourth-order valence-corrected chi connectivity index (χ4v) is 3.28. The van der Waals surface area contributed by atoms with Crippen LogP contribution in [0.25, 0.3) is 0 Å². The molecule has 7 nitrogen and oxygen atoms in total. The summed E-state index contributed by atoms with van der Waals surface area (Å²) in [6, 6.07) is 5.62. The molecule has 2 heterocycles. The van der Waals surface area contributed by atoms with Crippen LogP contribution in [0.2, 0.25) is 0 Å². The van der Waals surface area contributed by atoms with E-state index in [9.17, 15) is 18.4 Å². The molecule has 1 saturated heterocycles. The molecule has 1 N–H and O–H groups in total. The summed E-state index contributed by atoms with van der Waals surface area (Å²) in [6.07, 6.45) is 0.733. The minimum atomic E-state index is -1.04. The van der Waals surface area contributed by atoms with E-state index in [-0.39, 0.29) is 23.3 Å². The third-order valence-corrected chi connectivity index (χ3v) is 4.80. The molecule has 0 aliphatic carbocycles. The predicted octanol–water partition coefficient (Wildman–Crippen LogP) is 3.09. The maximum absolute atomic E-state index is 13.5. The van der Waals surface area contributed by atoms with Crippen molar-refractivity contribution in [2.24, 2.45) is 0 Å². The Morgan fingerprint density at radius 2 is 1.93 bits per heavy atom. The first kappa shape index (κ1) is 19.0. The number of carbonyl (C=O) groups is 2. The maximum atomic E-state index is 13.5. The fourth-order valence-electron chi connectivity index (χ4n) is 3.28. The van der Waals surface area contributed by atoms with Gasteiger partial charge >= 0.3 is 0 Å². The van der Waals surface area contributed by atoms with Crippen molar-refractivity contribution in [3.63, 3.8) is 0 Å². The zero-order valence-corrected chi connectivity index (χ0v) is 15.5. The molecule has 1 fully saturated rings. The SMILES string of the molecule is CN1C(=O)CCC1C(=O)Nc1cc(Oc2ccc(F)c(F)c2)cc2c1OCCO2. The third-order valence-electron chi connectivity index (χ3n) is 4.80. The minimum Gasteiger partial charge on any atom is -0.486 e. The number of hydrogen-bond acceptors (Lipinski definition) is 5. The average Bonchev–Trinajstić information content (AvgIpc) is 3.03. The van der Waals surface area contributed by atoms with Crippen LogP contribution in [0.4, 0.5) is 14.5 Å². The summed E-state index contributed by atoms with van der Waals surface area (Å²) >= 11 is 0. The summed E-state index contributed by atoms with van der Waals surface area (Å²) in [7, 11) is 1.58. The van der Waals surface area contributed by atoms with Gasteiger partial charge < -0.3 is 24.4 Å². The van der Waals surface area contributed by atoms with Gasteiger partial charge in [-0.3, -0.25) is 9.59 Å². The molecule has 0 aromatic heterocycles. The summed E-state index contributed by atoms with van der Waals surface area (Å²) in [6.45, 7) is 0.621. The summed E-state index contributed by atoms with van der Waals surface area (Å²) in [5.41, 5.74) is 0.303. The Balaban J connectivity index is 1.62. The van der Waals surface area contributed by atoms with E-state index in [4.69, 9.17) is 14.2 Å². The number of likely N-dealkylation sites (tertiary alicyclic amines) is 1. The Morgan fingerprint density at radius 3 is 2.66 bits per heavy atom. The van der Waals surface area contributed by atoms with E-state index in [2.05, 4.69) is 5.32 Å². The molecule has 0 radical (unpaired) electrons. The lowest BCUT2D eigenvalue weighted by molar-refractivity contribution is -0.131. The Kier molecular flexibility index (Phi) is 4.96. The number of likely N-dealkylation sites (N-methyl/N-ethyl adjacent to an activating group) is 1. The van der Waals surface area contributed by atoms with Gasteiger partial charge in [0.05, 0.1) is 5.69 Å². The molecule has 2 amide bonds. The zero-order valence-electron chi connectivity index (χ0n) is 15.5. The van der Waals surface area contributed by atoms with Gasteiger partial charge in [-0.25, -0.2) is 8.78 Å². The van der Waals surface area contributed by atoms with Gasteiger partial charge in [0.15, 0.2) is 23.1 Å². The second-order valence-corrected chi connectivity index (χ2v) is 6.72. The van der Waals surface area contributed by atoms with E-state index in [1.54, 1.807) is 7.05 Å². The molecule has 1 unspecified atom stereocenters. The molecule has 29 heavy (non-hydrogen) atoms. The number of nitrogens with zero attached hydrogens (tertiary/aromatic N) is 1. The van der Waals surface area contributed by atoms with E-state index >= 15 is 0 Å². The van der Waals surface area contributed by atoms with Gasteiger partial charge in [-0.2, -0.15) is 0 Å². The quantitative estimate of drug-likeness (QED) is 0.848. The van der Waals surface area contributed by atoms with Gasteiger partial charge in [-0.15, -0.1) is 0 Å². The van der Waals surface area contributed by atoms with Crippen LogP contribution in [0.1, 0.15) is 12.8 Å². The van der Waals surface area contributed by atoms with Gasteiger partial charge in [-0.05, 0) is 18.6 Å². The summed E-state index contributed by atoms with van der Waals surface area (Å²) in [5, 5.41) is 2.76. The van der Waals surface area contributed by atoms with Gasteiger partial charge in [0.25, 0.3) is 0 Å². The Morgan fingerprint density at radius 1 is 1.14 bits per heavy atom. The molecular formula is C20H18F2N2O5. The van der Waals surface area contributed by atoms with Crippen molar-refractivity contribution in [3.8, 4) is 23.0 Å². The number of anilines is 1. The Hall–Kier alpha value is -3.36. The smallest absolute Gasteiger partial charge is 0.247 e. The number of halogens is 2. The second kappa shape index (κ2) is 7.57. The van der Waals surface area contributed by atoms with Gasteiger partial charge in [0, 0.05) is 31.7 Å². The normalized spacial score (nSPS) is 18.0. The van der Waals surface area contributed by atoms with Gasteiger partial charge in [-0.1, -0.05) is 0 Å². The van der Waals surface area contributed by atoms with Crippen molar-refractivity contribution in [3.05, 3.63) is 42.0 Å². The lowest BCUT2D eigenvalue weighted by atomic mass is 10.2. The highest BCUT2D eigenvalue weighted by Gasteiger charge is 2.34. The highest BCUT2D eigenvalue weighted by molar-refractivity contribution is 6.00. The number of rotatable bonds is 4. The van der Waals surface area contributed by atoms with Crippen LogP contribution in [0, 0.1) is 11.6 Å². The highest BCUT2D eigenvalue weighted by atomic mass is 19.2. The van der Waals surface area contributed by atoms with E-state index in [0.29, 0.717) is 43.2 Å². The van der Waals surface area contributed by atoms with Crippen molar-refractivity contribution >= 4 is 17.5 Å². The minimum absolute atomic E-state index is 0.0824. The monoisotopic (exact) mass is 404 g/mol. The summed E-state index contributed by atoms with van der Waals surface area (Å²) < 4.78 is 43.4. The van der Waals surface area contributed by atoms with Crippen LogP contribution in [0.3, 0.4) is 0 Å². The first-order chi connectivity index (χ1) is 13.9.